The molecule has 7 nitrogen and oxygen atoms in total. The van der Waals surface area contributed by atoms with E-state index in [1.54, 1.807) is 23.1 Å². The lowest BCUT2D eigenvalue weighted by Gasteiger charge is -2.04. The van der Waals surface area contributed by atoms with E-state index in [9.17, 15) is 0 Å². The van der Waals surface area contributed by atoms with E-state index in [4.69, 9.17) is 21.8 Å². The van der Waals surface area contributed by atoms with Gasteiger partial charge >= 0.3 is 0 Å². The third kappa shape index (κ3) is 2.40. The lowest BCUT2D eigenvalue weighted by atomic mass is 10.2. The zero-order valence-electron chi connectivity index (χ0n) is 11.8. The van der Waals surface area contributed by atoms with Gasteiger partial charge in [0.05, 0.1) is 23.5 Å². The molecule has 2 N–H and O–H groups in total. The molecule has 3 aromatic heterocycles. The number of aromatic nitrogens is 5. The van der Waals surface area contributed by atoms with E-state index in [-0.39, 0.29) is 0 Å². The lowest BCUT2D eigenvalue weighted by molar-refractivity contribution is 0.580. The molecule has 3 heterocycles. The fourth-order valence-corrected chi connectivity index (χ4v) is 2.47. The molecule has 0 aliphatic carbocycles. The first-order chi connectivity index (χ1) is 11.2. The molecule has 23 heavy (non-hydrogen) atoms. The van der Waals surface area contributed by atoms with Crippen molar-refractivity contribution >= 4 is 28.5 Å². The van der Waals surface area contributed by atoms with Gasteiger partial charge in [-0.25, -0.2) is 14.6 Å². The Morgan fingerprint density at radius 1 is 1.22 bits per heavy atom. The van der Waals surface area contributed by atoms with Crippen LogP contribution in [0.4, 0.5) is 5.69 Å². The number of rotatable bonds is 3. The molecule has 0 aliphatic rings. The summed E-state index contributed by atoms with van der Waals surface area (Å²) in [7, 11) is 0. The lowest BCUT2D eigenvalue weighted by Crippen LogP contribution is -2.03. The summed E-state index contributed by atoms with van der Waals surface area (Å²) >= 11 is 5.94. The molecule has 0 saturated heterocycles. The van der Waals surface area contributed by atoms with E-state index in [1.807, 2.05) is 18.2 Å². The van der Waals surface area contributed by atoms with Crippen LogP contribution in [0.1, 0.15) is 5.56 Å². The monoisotopic (exact) mass is 326 g/mol. The van der Waals surface area contributed by atoms with Gasteiger partial charge in [0.1, 0.15) is 12.0 Å². The minimum absolute atomic E-state index is 0.479. The van der Waals surface area contributed by atoms with Gasteiger partial charge in [0, 0.05) is 0 Å². The van der Waals surface area contributed by atoms with Crippen LogP contribution in [-0.4, -0.2) is 25.0 Å². The quantitative estimate of drug-likeness (QED) is 0.581. The van der Waals surface area contributed by atoms with Gasteiger partial charge in [0.15, 0.2) is 16.9 Å². The first-order valence-corrected chi connectivity index (χ1v) is 7.22. The van der Waals surface area contributed by atoms with Crippen LogP contribution in [0.25, 0.3) is 22.6 Å². The number of hydrogen-bond donors (Lipinski definition) is 1. The number of furan rings is 1. The average molecular weight is 327 g/mol. The molecule has 0 unspecified atom stereocenters. The molecule has 0 amide bonds. The van der Waals surface area contributed by atoms with Crippen LogP contribution >= 0.6 is 11.6 Å². The van der Waals surface area contributed by atoms with Crippen molar-refractivity contribution in [3.63, 3.8) is 0 Å². The van der Waals surface area contributed by atoms with Gasteiger partial charge in [-0.05, 0) is 29.8 Å². The third-order valence-corrected chi connectivity index (χ3v) is 3.79. The second-order valence-electron chi connectivity index (χ2n) is 4.97. The fraction of sp³-hybridized carbons (Fsp3) is 0.0667. The summed E-state index contributed by atoms with van der Waals surface area (Å²) in [4.78, 5) is 8.51. The van der Waals surface area contributed by atoms with Gasteiger partial charge in [-0.2, -0.15) is 0 Å². The number of fused-ring (bicyclic) bond motifs is 1. The zero-order valence-corrected chi connectivity index (χ0v) is 12.6. The Labute approximate surface area is 135 Å². The van der Waals surface area contributed by atoms with Crippen LogP contribution in [0.3, 0.4) is 0 Å². The third-order valence-electron chi connectivity index (χ3n) is 3.45. The van der Waals surface area contributed by atoms with Crippen molar-refractivity contribution in [1.29, 1.82) is 0 Å². The van der Waals surface area contributed by atoms with Crippen molar-refractivity contribution in [1.82, 2.24) is 25.0 Å². The summed E-state index contributed by atoms with van der Waals surface area (Å²) in [5, 5.41) is 8.87. The van der Waals surface area contributed by atoms with Gasteiger partial charge < -0.3 is 10.2 Å². The Balaban J connectivity index is 1.77. The molecule has 0 aliphatic heterocycles. The normalized spacial score (nSPS) is 11.2. The van der Waals surface area contributed by atoms with E-state index in [1.165, 1.54) is 6.33 Å². The Hall–Kier alpha value is -2.93. The van der Waals surface area contributed by atoms with E-state index in [0.717, 1.165) is 5.56 Å². The molecule has 0 atom stereocenters. The first-order valence-electron chi connectivity index (χ1n) is 6.84. The molecule has 8 heteroatoms. The van der Waals surface area contributed by atoms with Gasteiger partial charge in [-0.1, -0.05) is 22.9 Å². The SMILES string of the molecule is Nc1cc(Cn2nnc3c(-c4ccco4)ncnc32)ccc1Cl. The van der Waals surface area contributed by atoms with E-state index >= 15 is 0 Å². The zero-order chi connectivity index (χ0) is 15.8. The minimum atomic E-state index is 0.479. The van der Waals surface area contributed by atoms with E-state index in [0.29, 0.717) is 39.9 Å². The fourth-order valence-electron chi connectivity index (χ4n) is 2.36. The predicted octanol–water partition coefficient (Wildman–Crippen LogP) is 2.77. The van der Waals surface area contributed by atoms with Crippen molar-refractivity contribution in [2.45, 2.75) is 6.54 Å². The maximum absolute atomic E-state index is 5.94. The molecule has 4 aromatic rings. The highest BCUT2D eigenvalue weighted by molar-refractivity contribution is 6.33. The highest BCUT2D eigenvalue weighted by atomic mass is 35.5. The highest BCUT2D eigenvalue weighted by Gasteiger charge is 2.15. The van der Waals surface area contributed by atoms with Gasteiger partial charge in [0.25, 0.3) is 0 Å². The molecular formula is C15H11ClN6O. The molecule has 1 aromatic carbocycles. The molecule has 114 valence electrons. The van der Waals surface area contributed by atoms with Crippen LogP contribution in [-0.2, 0) is 6.54 Å². The average Bonchev–Trinajstić information content (AvgIpc) is 3.21. The number of anilines is 1. The molecule has 0 spiro atoms. The number of halogens is 1. The second kappa shape index (κ2) is 5.36. The second-order valence-corrected chi connectivity index (χ2v) is 5.38. The standard InChI is InChI=1S/C15H11ClN6O/c16-10-4-3-9(6-11(10)17)7-22-15-14(20-21-22)13(18-8-19-15)12-2-1-5-23-12/h1-6,8H,7,17H2. The Kier molecular flexibility index (Phi) is 3.20. The summed E-state index contributed by atoms with van der Waals surface area (Å²) in [6.07, 6.45) is 3.06. The molecular weight excluding hydrogens is 316 g/mol. The summed E-state index contributed by atoms with van der Waals surface area (Å²) < 4.78 is 7.07. The Bertz CT molecular complexity index is 979. The Morgan fingerprint density at radius 2 is 2.13 bits per heavy atom. The number of benzene rings is 1. The van der Waals surface area contributed by atoms with Crippen LogP contribution in [0.15, 0.2) is 47.3 Å². The molecule has 0 bridgehead atoms. The van der Waals surface area contributed by atoms with Crippen LogP contribution in [0.2, 0.25) is 5.02 Å². The van der Waals surface area contributed by atoms with Crippen LogP contribution in [0, 0.1) is 0 Å². The van der Waals surface area contributed by atoms with Crippen molar-refractivity contribution in [2.24, 2.45) is 0 Å². The van der Waals surface area contributed by atoms with E-state index < -0.39 is 0 Å². The number of hydrogen-bond acceptors (Lipinski definition) is 6. The Morgan fingerprint density at radius 3 is 2.91 bits per heavy atom. The number of nitrogens with two attached hydrogens (primary N) is 1. The molecule has 0 radical (unpaired) electrons. The van der Waals surface area contributed by atoms with Crippen LogP contribution < -0.4 is 5.73 Å². The van der Waals surface area contributed by atoms with E-state index in [2.05, 4.69) is 20.3 Å². The summed E-state index contributed by atoms with van der Waals surface area (Å²) in [6.45, 7) is 0.479. The predicted molar refractivity (Wildman–Crippen MR) is 85.8 cm³/mol. The van der Waals surface area contributed by atoms with Crippen molar-refractivity contribution < 1.29 is 4.42 Å². The molecule has 0 fully saturated rings. The summed E-state index contributed by atoms with van der Waals surface area (Å²) in [5.41, 5.74) is 9.14. The largest absolute Gasteiger partial charge is 0.463 e. The van der Waals surface area contributed by atoms with Gasteiger partial charge in [0.2, 0.25) is 0 Å². The summed E-state index contributed by atoms with van der Waals surface area (Å²) in [5.74, 6) is 0.625. The van der Waals surface area contributed by atoms with Crippen LogP contribution in [0.5, 0.6) is 0 Å². The highest BCUT2D eigenvalue weighted by Crippen LogP contribution is 2.24. The molecule has 0 saturated carbocycles. The van der Waals surface area contributed by atoms with Gasteiger partial charge in [-0.15, -0.1) is 5.10 Å². The maximum atomic E-state index is 5.94. The van der Waals surface area contributed by atoms with Crippen molar-refractivity contribution in [2.75, 3.05) is 5.73 Å². The summed E-state index contributed by atoms with van der Waals surface area (Å²) in [6, 6.07) is 9.07. The van der Waals surface area contributed by atoms with Gasteiger partial charge in [-0.3, -0.25) is 0 Å². The first kappa shape index (κ1) is 13.7. The number of nitrogen functional groups attached to an aromatic ring is 1. The molecule has 4 rings (SSSR count). The minimum Gasteiger partial charge on any atom is -0.463 e. The van der Waals surface area contributed by atoms with Crippen molar-refractivity contribution in [3.05, 3.63) is 53.5 Å². The topological polar surface area (TPSA) is 95.7 Å². The van der Waals surface area contributed by atoms with Crippen molar-refractivity contribution in [3.8, 4) is 11.5 Å². The maximum Gasteiger partial charge on any atom is 0.182 e. The smallest absolute Gasteiger partial charge is 0.182 e. The number of nitrogens with zero attached hydrogens (tertiary/aromatic N) is 5.